The Morgan fingerprint density at radius 1 is 1.31 bits per heavy atom. The predicted octanol–water partition coefficient (Wildman–Crippen LogP) is 1.93. The summed E-state index contributed by atoms with van der Waals surface area (Å²) in [6, 6.07) is 5.65. The molecule has 1 aromatic carbocycles. The number of aromatic nitrogens is 2. The van der Waals surface area contributed by atoms with Gasteiger partial charge < -0.3 is 10.2 Å². The van der Waals surface area contributed by atoms with E-state index in [2.05, 4.69) is 10.3 Å². The maximum Gasteiger partial charge on any atom is 0.348 e. The number of carbonyl (C=O) groups is 1. The zero-order chi connectivity index (χ0) is 21.0. The molecule has 0 unspecified atom stereocenters. The van der Waals surface area contributed by atoms with Crippen LogP contribution < -0.4 is 11.0 Å². The molecular weight excluding hydrogens is 394 g/mol. The van der Waals surface area contributed by atoms with Gasteiger partial charge in [0.15, 0.2) is 0 Å². The molecule has 29 heavy (non-hydrogen) atoms. The summed E-state index contributed by atoms with van der Waals surface area (Å²) in [6.45, 7) is 1.37. The van der Waals surface area contributed by atoms with E-state index < -0.39 is 4.92 Å². The Bertz CT molecular complexity index is 972. The standard InChI is InChI=1S/C19H23N5O4S/c1-22(2)10-11-23-16-5-3-4-15(16)18(21-19(23)26)29-12-17(25)20-13-6-8-14(9-7-13)24(27)28/h6-9H,3-5,10-12H2,1-2H3,(H,20,25). The molecule has 1 aliphatic carbocycles. The first kappa shape index (κ1) is 21.0. The molecule has 0 radical (unpaired) electrons. The summed E-state index contributed by atoms with van der Waals surface area (Å²) in [6.07, 6.45) is 2.69. The van der Waals surface area contributed by atoms with Crippen molar-refractivity contribution in [3.8, 4) is 0 Å². The summed E-state index contributed by atoms with van der Waals surface area (Å²) in [5.41, 5.74) is 2.28. The van der Waals surface area contributed by atoms with E-state index >= 15 is 0 Å². The number of fused-ring (bicyclic) bond motifs is 1. The molecule has 0 fully saturated rings. The minimum Gasteiger partial charge on any atom is -0.325 e. The van der Waals surface area contributed by atoms with Gasteiger partial charge in [0.2, 0.25) is 5.91 Å². The number of nitrogens with zero attached hydrogens (tertiary/aromatic N) is 4. The van der Waals surface area contributed by atoms with Crippen molar-refractivity contribution >= 4 is 29.0 Å². The lowest BCUT2D eigenvalue weighted by molar-refractivity contribution is -0.384. The lowest BCUT2D eigenvalue weighted by atomic mass is 10.2. The number of anilines is 1. The van der Waals surface area contributed by atoms with E-state index in [0.29, 0.717) is 17.3 Å². The molecule has 0 saturated carbocycles. The summed E-state index contributed by atoms with van der Waals surface area (Å²) in [4.78, 5) is 41.2. The van der Waals surface area contributed by atoms with Gasteiger partial charge in [-0.25, -0.2) is 4.79 Å². The quantitative estimate of drug-likeness (QED) is 0.302. The number of nitrogens with one attached hydrogen (secondary N) is 1. The molecule has 1 aliphatic rings. The van der Waals surface area contributed by atoms with Crippen LogP contribution in [-0.2, 0) is 24.2 Å². The van der Waals surface area contributed by atoms with Crippen molar-refractivity contribution < 1.29 is 9.72 Å². The van der Waals surface area contributed by atoms with E-state index in [0.717, 1.165) is 37.1 Å². The van der Waals surface area contributed by atoms with Gasteiger partial charge >= 0.3 is 5.69 Å². The van der Waals surface area contributed by atoms with Gasteiger partial charge in [-0.3, -0.25) is 19.5 Å². The molecule has 2 aromatic rings. The number of thioether (sulfide) groups is 1. The Morgan fingerprint density at radius 3 is 2.69 bits per heavy atom. The van der Waals surface area contributed by atoms with Gasteiger partial charge in [-0.1, -0.05) is 11.8 Å². The summed E-state index contributed by atoms with van der Waals surface area (Å²) in [5, 5.41) is 14.0. The minimum absolute atomic E-state index is 0.0352. The maximum atomic E-state index is 12.5. The largest absolute Gasteiger partial charge is 0.348 e. The monoisotopic (exact) mass is 417 g/mol. The van der Waals surface area contributed by atoms with Gasteiger partial charge in [0, 0.05) is 42.2 Å². The number of nitro groups is 1. The number of non-ortho nitro benzene ring substituents is 1. The normalized spacial score (nSPS) is 12.8. The molecule has 10 heteroatoms. The molecular formula is C19H23N5O4S. The van der Waals surface area contributed by atoms with E-state index in [1.165, 1.54) is 36.0 Å². The van der Waals surface area contributed by atoms with Crippen molar-refractivity contribution in [2.45, 2.75) is 30.8 Å². The van der Waals surface area contributed by atoms with Crippen molar-refractivity contribution in [2.24, 2.45) is 0 Å². The van der Waals surface area contributed by atoms with Crippen molar-refractivity contribution in [3.05, 3.63) is 56.1 Å². The van der Waals surface area contributed by atoms with Crippen LogP contribution in [0.1, 0.15) is 17.7 Å². The van der Waals surface area contributed by atoms with E-state index in [4.69, 9.17) is 0 Å². The number of benzene rings is 1. The zero-order valence-electron chi connectivity index (χ0n) is 16.4. The Labute approximate surface area is 172 Å². The van der Waals surface area contributed by atoms with Crippen LogP contribution in [0.15, 0.2) is 34.1 Å². The third-order valence-corrected chi connectivity index (χ3v) is 5.69. The molecule has 1 aromatic heterocycles. The molecule has 154 valence electrons. The van der Waals surface area contributed by atoms with Crippen LogP contribution in [0.4, 0.5) is 11.4 Å². The van der Waals surface area contributed by atoms with Crippen LogP contribution in [-0.4, -0.2) is 51.7 Å². The summed E-state index contributed by atoms with van der Waals surface area (Å²) >= 11 is 1.25. The summed E-state index contributed by atoms with van der Waals surface area (Å²) < 4.78 is 1.75. The SMILES string of the molecule is CN(C)CCn1c2c(c(SCC(=O)Nc3ccc([N+](=O)[O-])cc3)nc1=O)CCC2. The lowest BCUT2D eigenvalue weighted by Crippen LogP contribution is -2.31. The van der Waals surface area contributed by atoms with Crippen LogP contribution in [0, 0.1) is 10.1 Å². The highest BCUT2D eigenvalue weighted by Gasteiger charge is 2.22. The Balaban J connectivity index is 1.66. The number of hydrogen-bond donors (Lipinski definition) is 1. The van der Waals surface area contributed by atoms with Gasteiger partial charge in [-0.15, -0.1) is 0 Å². The fourth-order valence-corrected chi connectivity index (χ4v) is 4.11. The maximum absolute atomic E-state index is 12.5. The second-order valence-electron chi connectivity index (χ2n) is 7.07. The molecule has 0 atom stereocenters. The highest BCUT2D eigenvalue weighted by atomic mass is 32.2. The zero-order valence-corrected chi connectivity index (χ0v) is 17.2. The van der Waals surface area contributed by atoms with Crippen LogP contribution in [0.25, 0.3) is 0 Å². The average molecular weight is 417 g/mol. The van der Waals surface area contributed by atoms with Crippen LogP contribution >= 0.6 is 11.8 Å². The number of rotatable bonds is 8. The lowest BCUT2D eigenvalue weighted by Gasteiger charge is -2.16. The second kappa shape index (κ2) is 9.19. The Hall–Kier alpha value is -2.72. The number of nitro benzene ring substituents is 1. The summed E-state index contributed by atoms with van der Waals surface area (Å²) in [5.74, 6) is -0.147. The molecule has 1 amide bonds. The molecule has 1 heterocycles. The van der Waals surface area contributed by atoms with E-state index in [1.54, 1.807) is 4.57 Å². The number of likely N-dealkylation sites (N-methyl/N-ethyl adjacent to an activating group) is 1. The topological polar surface area (TPSA) is 110 Å². The Morgan fingerprint density at radius 2 is 2.03 bits per heavy atom. The van der Waals surface area contributed by atoms with Crippen molar-refractivity contribution in [1.82, 2.24) is 14.5 Å². The third kappa shape index (κ3) is 5.21. The van der Waals surface area contributed by atoms with E-state index in [9.17, 15) is 19.7 Å². The van der Waals surface area contributed by atoms with Gasteiger partial charge in [0.05, 0.1) is 10.7 Å². The molecule has 0 aliphatic heterocycles. The smallest absolute Gasteiger partial charge is 0.325 e. The molecule has 0 spiro atoms. The van der Waals surface area contributed by atoms with Crippen LogP contribution in [0.2, 0.25) is 0 Å². The number of amides is 1. The third-order valence-electron chi connectivity index (χ3n) is 4.67. The fourth-order valence-electron chi connectivity index (χ4n) is 3.23. The second-order valence-corrected chi connectivity index (χ2v) is 8.04. The fraction of sp³-hybridized carbons (Fsp3) is 0.421. The van der Waals surface area contributed by atoms with Crippen molar-refractivity contribution in [2.75, 3.05) is 31.7 Å². The molecule has 1 N–H and O–H groups in total. The minimum atomic E-state index is -0.492. The summed E-state index contributed by atoms with van der Waals surface area (Å²) in [7, 11) is 3.93. The van der Waals surface area contributed by atoms with Gasteiger partial charge in [-0.2, -0.15) is 4.98 Å². The first-order valence-corrected chi connectivity index (χ1v) is 10.3. The first-order chi connectivity index (χ1) is 13.8. The van der Waals surface area contributed by atoms with Crippen molar-refractivity contribution in [3.63, 3.8) is 0 Å². The highest BCUT2D eigenvalue weighted by molar-refractivity contribution is 8.00. The highest BCUT2D eigenvalue weighted by Crippen LogP contribution is 2.29. The molecule has 0 bridgehead atoms. The number of carbonyl (C=O) groups excluding carboxylic acids is 1. The van der Waals surface area contributed by atoms with E-state index in [-0.39, 0.29) is 23.0 Å². The molecule has 3 rings (SSSR count). The average Bonchev–Trinajstić information content (AvgIpc) is 3.15. The van der Waals surface area contributed by atoms with E-state index in [1.807, 2.05) is 19.0 Å². The first-order valence-electron chi connectivity index (χ1n) is 9.29. The van der Waals surface area contributed by atoms with Gasteiger partial charge in [0.1, 0.15) is 5.03 Å². The number of hydrogen-bond acceptors (Lipinski definition) is 7. The molecule has 9 nitrogen and oxygen atoms in total. The van der Waals surface area contributed by atoms with Crippen molar-refractivity contribution in [1.29, 1.82) is 0 Å². The molecule has 0 saturated heterocycles. The Kier molecular flexibility index (Phi) is 6.65. The predicted molar refractivity (Wildman–Crippen MR) is 112 cm³/mol. The van der Waals surface area contributed by atoms with Crippen LogP contribution in [0.3, 0.4) is 0 Å². The van der Waals surface area contributed by atoms with Gasteiger partial charge in [-0.05, 0) is 45.5 Å². The van der Waals surface area contributed by atoms with Gasteiger partial charge in [0.25, 0.3) is 5.69 Å². The van der Waals surface area contributed by atoms with Crippen LogP contribution in [0.5, 0.6) is 0 Å².